The maximum atomic E-state index is 12.9. The molecule has 0 amide bonds. The Kier molecular flexibility index (Phi) is 5.39. The lowest BCUT2D eigenvalue weighted by atomic mass is 9.96. The summed E-state index contributed by atoms with van der Waals surface area (Å²) in [6, 6.07) is 2.06. The average molecular weight is 441 g/mol. The van der Waals surface area contributed by atoms with Crippen LogP contribution < -0.4 is 5.73 Å². The summed E-state index contributed by atoms with van der Waals surface area (Å²) in [5, 5.41) is 2.83. The number of pyridine rings is 1. The molecule has 0 bridgehead atoms. The van der Waals surface area contributed by atoms with Crippen LogP contribution in [-0.4, -0.2) is 39.4 Å². The number of allylic oxidation sites excluding steroid dienone is 2. The number of aromatic nitrogens is 2. The number of rotatable bonds is 8. The van der Waals surface area contributed by atoms with Gasteiger partial charge in [-0.1, -0.05) is 0 Å². The van der Waals surface area contributed by atoms with Crippen molar-refractivity contribution in [3.63, 3.8) is 0 Å². The van der Waals surface area contributed by atoms with Gasteiger partial charge in [0.2, 0.25) is 0 Å². The summed E-state index contributed by atoms with van der Waals surface area (Å²) in [4.78, 5) is 14.8. The maximum absolute atomic E-state index is 12.9. The van der Waals surface area contributed by atoms with E-state index in [4.69, 9.17) is 20.4 Å². The number of nitrogens with zero attached hydrogens (tertiary/aromatic N) is 3. The molecule has 1 atom stereocenters. The number of ether oxygens (including phenoxy) is 1. The highest BCUT2D eigenvalue weighted by Gasteiger charge is 2.33. The Balaban J connectivity index is 1.52. The second-order valence-electron chi connectivity index (χ2n) is 7.85. The van der Waals surface area contributed by atoms with Gasteiger partial charge < -0.3 is 10.5 Å². The van der Waals surface area contributed by atoms with Gasteiger partial charge in [-0.05, 0) is 36.8 Å². The Hall–Kier alpha value is -2.16. The van der Waals surface area contributed by atoms with Crippen LogP contribution in [0.3, 0.4) is 0 Å². The molecule has 1 unspecified atom stereocenters. The summed E-state index contributed by atoms with van der Waals surface area (Å²) in [6.45, 7) is 0.593. The largest absolute Gasteiger partial charge is 0.397 e. The molecule has 0 aromatic carbocycles. The summed E-state index contributed by atoms with van der Waals surface area (Å²) >= 11 is 1.56. The third-order valence-electron chi connectivity index (χ3n) is 5.77. The van der Waals surface area contributed by atoms with Gasteiger partial charge in [-0.3, -0.25) is 9.20 Å². The van der Waals surface area contributed by atoms with Crippen LogP contribution in [0.5, 0.6) is 0 Å². The van der Waals surface area contributed by atoms with E-state index in [2.05, 4.69) is 11.1 Å². The fourth-order valence-corrected chi connectivity index (χ4v) is 5.94. The third kappa shape index (κ3) is 3.68. The van der Waals surface area contributed by atoms with Crippen LogP contribution in [0.25, 0.3) is 16.4 Å². The zero-order valence-electron chi connectivity index (χ0n) is 16.9. The number of nitrogens with two attached hydrogens (primary N) is 1. The summed E-state index contributed by atoms with van der Waals surface area (Å²) in [5.74, 6) is 1.23. The molecule has 1 saturated carbocycles. The molecular formula is C22H24N4O2S2. The standard InChI is InChI=1S/C22H24N4O2S2/c1-28-6-2-8-30(27)19-11-17-20(21(19)23)15(10-18(26-17)22-24-5-7-29-22)16-9-14(12-25-16)13-3-4-13/h5,7,10,12-13H,2-4,6,8-9,11,23H2,1H3. The molecule has 0 saturated heterocycles. The lowest BCUT2D eigenvalue weighted by Gasteiger charge is -2.12. The van der Waals surface area contributed by atoms with Crippen molar-refractivity contribution in [2.75, 3.05) is 19.5 Å². The molecule has 0 radical (unpaired) electrons. The minimum absolute atomic E-state index is 0.517. The van der Waals surface area contributed by atoms with Crippen molar-refractivity contribution in [3.8, 4) is 10.7 Å². The lowest BCUT2D eigenvalue weighted by Crippen LogP contribution is -2.10. The van der Waals surface area contributed by atoms with Gasteiger partial charge in [0.1, 0.15) is 5.01 Å². The lowest BCUT2D eigenvalue weighted by molar-refractivity contribution is 0.200. The highest BCUT2D eigenvalue weighted by molar-refractivity contribution is 7.89. The normalized spacial score (nSPS) is 19.1. The SMILES string of the molecule is COCCCS(=O)C1=C(N)c2c(C3=NC=C(C4CC4)C3)cc(-c3nccs3)nc2C1. The van der Waals surface area contributed by atoms with E-state index in [1.807, 2.05) is 11.6 Å². The summed E-state index contributed by atoms with van der Waals surface area (Å²) in [6.07, 6.45) is 8.46. The monoisotopic (exact) mass is 440 g/mol. The smallest absolute Gasteiger partial charge is 0.141 e. The molecule has 30 heavy (non-hydrogen) atoms. The Morgan fingerprint density at radius 3 is 2.93 bits per heavy atom. The second kappa shape index (κ2) is 8.17. The third-order valence-corrected chi connectivity index (χ3v) is 8.14. The molecule has 5 rings (SSSR count). The van der Waals surface area contributed by atoms with Crippen LogP contribution in [0.1, 0.15) is 42.5 Å². The van der Waals surface area contributed by atoms with Gasteiger partial charge in [0, 0.05) is 66.1 Å². The fourth-order valence-electron chi connectivity index (χ4n) is 4.07. The van der Waals surface area contributed by atoms with Crippen molar-refractivity contribution in [1.29, 1.82) is 0 Å². The Bertz CT molecular complexity index is 1100. The van der Waals surface area contributed by atoms with Crippen molar-refractivity contribution in [2.24, 2.45) is 16.6 Å². The highest BCUT2D eigenvalue weighted by Crippen LogP contribution is 2.42. The van der Waals surface area contributed by atoms with Crippen LogP contribution in [0.2, 0.25) is 0 Å². The highest BCUT2D eigenvalue weighted by atomic mass is 32.2. The number of methoxy groups -OCH3 is 1. The molecule has 2 aromatic rings. The first-order chi connectivity index (χ1) is 14.7. The Morgan fingerprint density at radius 1 is 1.33 bits per heavy atom. The van der Waals surface area contributed by atoms with E-state index in [1.54, 1.807) is 24.6 Å². The van der Waals surface area contributed by atoms with Crippen LogP contribution in [0.15, 0.2) is 39.3 Å². The molecule has 2 aliphatic carbocycles. The number of hydrogen-bond donors (Lipinski definition) is 1. The van der Waals surface area contributed by atoms with Gasteiger partial charge in [-0.15, -0.1) is 11.3 Å². The summed E-state index contributed by atoms with van der Waals surface area (Å²) < 4.78 is 18.0. The molecule has 6 nitrogen and oxygen atoms in total. The molecule has 3 aliphatic rings. The first-order valence-corrected chi connectivity index (χ1v) is 12.4. The summed E-state index contributed by atoms with van der Waals surface area (Å²) in [5.41, 5.74) is 13.3. The van der Waals surface area contributed by atoms with Crippen molar-refractivity contribution in [1.82, 2.24) is 9.97 Å². The fraction of sp³-hybridized carbons (Fsp3) is 0.409. The predicted molar refractivity (Wildman–Crippen MR) is 122 cm³/mol. The number of thiazole rings is 1. The van der Waals surface area contributed by atoms with E-state index in [-0.39, 0.29) is 0 Å². The molecule has 1 aliphatic heterocycles. The van der Waals surface area contributed by atoms with E-state index >= 15 is 0 Å². The quantitative estimate of drug-likeness (QED) is 0.633. The van der Waals surface area contributed by atoms with Gasteiger partial charge in [0.15, 0.2) is 0 Å². The Morgan fingerprint density at radius 2 is 2.20 bits per heavy atom. The molecule has 2 N–H and O–H groups in total. The number of aliphatic imine (C=N–C) groups is 1. The average Bonchev–Trinajstić information content (AvgIpc) is 3.16. The van der Waals surface area contributed by atoms with E-state index in [0.29, 0.717) is 30.4 Å². The topological polar surface area (TPSA) is 90.5 Å². The van der Waals surface area contributed by atoms with Crippen molar-refractivity contribution >= 4 is 33.5 Å². The molecule has 156 valence electrons. The van der Waals surface area contributed by atoms with E-state index in [0.717, 1.165) is 51.0 Å². The van der Waals surface area contributed by atoms with Crippen LogP contribution >= 0.6 is 11.3 Å². The van der Waals surface area contributed by atoms with E-state index < -0.39 is 10.8 Å². The van der Waals surface area contributed by atoms with Crippen molar-refractivity contribution in [2.45, 2.75) is 32.1 Å². The van der Waals surface area contributed by atoms with Crippen LogP contribution in [0, 0.1) is 5.92 Å². The van der Waals surface area contributed by atoms with Crippen LogP contribution in [-0.2, 0) is 22.0 Å². The number of hydrogen-bond acceptors (Lipinski definition) is 7. The molecule has 3 heterocycles. The maximum Gasteiger partial charge on any atom is 0.141 e. The molecule has 8 heteroatoms. The van der Waals surface area contributed by atoms with Gasteiger partial charge in [-0.2, -0.15) is 0 Å². The van der Waals surface area contributed by atoms with Gasteiger partial charge in [0.25, 0.3) is 0 Å². The first kappa shape index (κ1) is 19.8. The van der Waals surface area contributed by atoms with E-state index in [1.165, 1.54) is 18.4 Å². The van der Waals surface area contributed by atoms with Crippen LogP contribution in [0.4, 0.5) is 0 Å². The molecule has 0 spiro atoms. The summed E-state index contributed by atoms with van der Waals surface area (Å²) in [7, 11) is 0.515. The molecule has 2 aromatic heterocycles. The van der Waals surface area contributed by atoms with Gasteiger partial charge in [-0.25, -0.2) is 9.97 Å². The van der Waals surface area contributed by atoms with Gasteiger partial charge in [0.05, 0.1) is 33.6 Å². The zero-order chi connectivity index (χ0) is 20.7. The molecule has 1 fully saturated rings. The van der Waals surface area contributed by atoms with Crippen molar-refractivity contribution in [3.05, 3.63) is 51.1 Å². The minimum Gasteiger partial charge on any atom is -0.397 e. The second-order valence-corrected chi connectivity index (χ2v) is 10.3. The van der Waals surface area contributed by atoms with Crippen molar-refractivity contribution < 1.29 is 8.95 Å². The zero-order valence-corrected chi connectivity index (χ0v) is 18.5. The van der Waals surface area contributed by atoms with E-state index in [9.17, 15) is 4.21 Å². The number of fused-ring (bicyclic) bond motifs is 1. The Labute approximate surface area is 182 Å². The molecular weight excluding hydrogens is 416 g/mol. The predicted octanol–water partition coefficient (Wildman–Crippen LogP) is 3.66. The van der Waals surface area contributed by atoms with Gasteiger partial charge >= 0.3 is 0 Å². The minimum atomic E-state index is -1.14. The first-order valence-electron chi connectivity index (χ1n) is 10.2.